The van der Waals surface area contributed by atoms with Crippen molar-refractivity contribution in [2.45, 2.75) is 33.2 Å². The molecule has 1 atom stereocenters. The van der Waals surface area contributed by atoms with Crippen molar-refractivity contribution < 1.29 is 18.7 Å². The van der Waals surface area contributed by atoms with Crippen LogP contribution in [0.2, 0.25) is 0 Å². The maximum atomic E-state index is 13.5. The van der Waals surface area contributed by atoms with Crippen LogP contribution in [0.4, 0.5) is 10.1 Å². The van der Waals surface area contributed by atoms with Crippen LogP contribution in [-0.4, -0.2) is 34.8 Å². The van der Waals surface area contributed by atoms with E-state index in [1.54, 1.807) is 37.3 Å². The summed E-state index contributed by atoms with van der Waals surface area (Å²) >= 11 is 0. The molecule has 2 heterocycles. The maximum absolute atomic E-state index is 13.5. The van der Waals surface area contributed by atoms with Crippen molar-refractivity contribution >= 4 is 17.5 Å². The van der Waals surface area contributed by atoms with E-state index in [1.165, 1.54) is 16.8 Å². The predicted molar refractivity (Wildman–Crippen MR) is 124 cm³/mol. The lowest BCUT2D eigenvalue weighted by atomic mass is 10.0. The minimum absolute atomic E-state index is 0. The number of hydrogen-bond donors (Lipinski definition) is 3. The van der Waals surface area contributed by atoms with Crippen LogP contribution in [0.1, 0.15) is 57.4 Å². The Morgan fingerprint density at radius 1 is 1.24 bits per heavy atom. The smallest absolute Gasteiger partial charge is 0.269 e. The van der Waals surface area contributed by atoms with E-state index in [1.807, 2.05) is 0 Å². The van der Waals surface area contributed by atoms with E-state index < -0.39 is 11.7 Å². The van der Waals surface area contributed by atoms with Crippen molar-refractivity contribution in [3.05, 3.63) is 76.4 Å². The van der Waals surface area contributed by atoms with E-state index in [2.05, 4.69) is 10.4 Å². The van der Waals surface area contributed by atoms with Crippen LogP contribution in [0.15, 0.2) is 42.5 Å². The summed E-state index contributed by atoms with van der Waals surface area (Å²) in [5.74, 6) is -1.46. The van der Waals surface area contributed by atoms with Gasteiger partial charge in [-0.3, -0.25) is 9.59 Å². The molecular weight excluding hydrogens is 425 g/mol. The number of halogens is 1. The molecule has 1 saturated heterocycles. The third-order valence-corrected chi connectivity index (χ3v) is 5.58. The van der Waals surface area contributed by atoms with E-state index in [0.717, 1.165) is 12.0 Å². The fourth-order valence-corrected chi connectivity index (χ4v) is 3.79. The highest BCUT2D eigenvalue weighted by molar-refractivity contribution is 5.97. The number of nitrogen functional groups attached to an aromatic ring is 1. The van der Waals surface area contributed by atoms with Gasteiger partial charge in [-0.15, -0.1) is 0 Å². The van der Waals surface area contributed by atoms with Crippen LogP contribution >= 0.6 is 0 Å². The maximum Gasteiger partial charge on any atom is 0.269 e. The quantitative estimate of drug-likeness (QED) is 0.529. The van der Waals surface area contributed by atoms with Gasteiger partial charge in [-0.25, -0.2) is 9.07 Å². The van der Waals surface area contributed by atoms with Crippen LogP contribution in [0.3, 0.4) is 0 Å². The Hall–Kier alpha value is -3.72. The Balaban J connectivity index is 0.00000306. The number of nitrogens with two attached hydrogens (primary N) is 2. The fraction of sp³-hybridized carbons (Fsp3) is 0.292. The molecule has 0 spiro atoms. The molecule has 1 aliphatic rings. The number of carbonyl (C=O) groups excluding carboxylic acids is 2. The normalized spacial score (nSPS) is 15.2. The number of amides is 2. The first-order valence-electron chi connectivity index (χ1n) is 10.2. The van der Waals surface area contributed by atoms with Gasteiger partial charge in [0.2, 0.25) is 0 Å². The molecule has 0 aliphatic carbocycles. The van der Waals surface area contributed by atoms with Crippen molar-refractivity contribution in [2.75, 3.05) is 18.9 Å². The van der Waals surface area contributed by atoms with E-state index in [4.69, 9.17) is 16.2 Å². The molecule has 2 amide bonds. The first-order chi connectivity index (χ1) is 15.3. The number of carbonyl (C=O) groups is 2. The highest BCUT2D eigenvalue weighted by Crippen LogP contribution is 2.32. The Morgan fingerprint density at radius 2 is 1.97 bits per heavy atom. The summed E-state index contributed by atoms with van der Waals surface area (Å²) in [6, 6.07) is 11.2. The minimum atomic E-state index is -0.665. The average Bonchev–Trinajstić information content (AvgIpc) is 3.42. The molecule has 9 heteroatoms. The molecule has 1 unspecified atom stereocenters. The van der Waals surface area contributed by atoms with Crippen molar-refractivity contribution in [1.29, 1.82) is 0 Å². The molecule has 8 nitrogen and oxygen atoms in total. The molecule has 174 valence electrons. The van der Waals surface area contributed by atoms with E-state index >= 15 is 0 Å². The number of nitrogens with zero attached hydrogens (tertiary/aromatic N) is 2. The Kier molecular flexibility index (Phi) is 7.13. The zero-order chi connectivity index (χ0) is 22.8. The number of nitrogens with one attached hydrogen (secondary N) is 1. The summed E-state index contributed by atoms with van der Waals surface area (Å²) in [7, 11) is 0. The number of ether oxygens (including phenoxy) is 1. The van der Waals surface area contributed by atoms with Crippen LogP contribution in [-0.2, 0) is 11.3 Å². The summed E-state index contributed by atoms with van der Waals surface area (Å²) in [4.78, 5) is 24.4. The Morgan fingerprint density at radius 3 is 2.61 bits per heavy atom. The van der Waals surface area contributed by atoms with Gasteiger partial charge in [-0.2, -0.15) is 5.10 Å². The highest BCUT2D eigenvalue weighted by atomic mass is 19.1. The molecule has 1 aromatic heterocycles. The Labute approximate surface area is 191 Å². The number of aryl methyl sites for hydroxylation is 1. The molecule has 5 N–H and O–H groups in total. The van der Waals surface area contributed by atoms with Crippen molar-refractivity contribution in [3.8, 4) is 5.69 Å². The van der Waals surface area contributed by atoms with Gasteiger partial charge in [0.1, 0.15) is 5.82 Å². The lowest BCUT2D eigenvalue weighted by molar-refractivity contribution is 0.0948. The second-order valence-corrected chi connectivity index (χ2v) is 7.79. The SMILES string of the molecule is C.Cc1ccc(F)cc1C(=O)NCc1ccc(-n2nc(C3CCOC3)c(N)c2C(N)=O)cc1. The van der Waals surface area contributed by atoms with Crippen molar-refractivity contribution in [2.24, 2.45) is 5.73 Å². The number of anilines is 1. The average molecular weight is 454 g/mol. The molecule has 33 heavy (non-hydrogen) atoms. The van der Waals surface area contributed by atoms with Gasteiger partial charge < -0.3 is 21.5 Å². The number of benzene rings is 2. The van der Waals surface area contributed by atoms with Gasteiger partial charge in [0, 0.05) is 24.6 Å². The third-order valence-electron chi connectivity index (χ3n) is 5.58. The largest absolute Gasteiger partial charge is 0.395 e. The predicted octanol–water partition coefficient (Wildman–Crippen LogP) is 3.07. The second kappa shape index (κ2) is 9.83. The van der Waals surface area contributed by atoms with Crippen LogP contribution in [0.25, 0.3) is 5.69 Å². The summed E-state index contributed by atoms with van der Waals surface area (Å²) < 4.78 is 20.3. The van der Waals surface area contributed by atoms with Gasteiger partial charge >= 0.3 is 0 Å². The zero-order valence-corrected chi connectivity index (χ0v) is 17.6. The molecule has 0 bridgehead atoms. The van der Waals surface area contributed by atoms with Gasteiger partial charge in [-0.1, -0.05) is 25.6 Å². The zero-order valence-electron chi connectivity index (χ0n) is 17.6. The minimum Gasteiger partial charge on any atom is -0.395 e. The van der Waals surface area contributed by atoms with Gasteiger partial charge in [0.15, 0.2) is 5.69 Å². The highest BCUT2D eigenvalue weighted by Gasteiger charge is 2.28. The van der Waals surface area contributed by atoms with Gasteiger partial charge in [0.05, 0.1) is 23.7 Å². The summed E-state index contributed by atoms with van der Waals surface area (Å²) in [6.45, 7) is 3.13. The number of aromatic nitrogens is 2. The molecule has 2 aromatic carbocycles. The first kappa shape index (κ1) is 23.9. The molecule has 1 aliphatic heterocycles. The van der Waals surface area contributed by atoms with Crippen molar-refractivity contribution in [1.82, 2.24) is 15.1 Å². The summed E-state index contributed by atoms with van der Waals surface area (Å²) in [5, 5.41) is 7.34. The topological polar surface area (TPSA) is 125 Å². The molecule has 0 radical (unpaired) electrons. The lowest BCUT2D eigenvalue weighted by Crippen LogP contribution is -2.23. The lowest BCUT2D eigenvalue weighted by Gasteiger charge is -2.09. The van der Waals surface area contributed by atoms with Crippen molar-refractivity contribution in [3.63, 3.8) is 0 Å². The van der Waals surface area contributed by atoms with Gasteiger partial charge in [-0.05, 0) is 48.7 Å². The molecule has 0 saturated carbocycles. The number of hydrogen-bond acceptors (Lipinski definition) is 5. The van der Waals surface area contributed by atoms with Crippen LogP contribution in [0, 0.1) is 12.7 Å². The van der Waals surface area contributed by atoms with Gasteiger partial charge in [0.25, 0.3) is 11.8 Å². The van der Waals surface area contributed by atoms with E-state index in [-0.39, 0.29) is 37.2 Å². The Bertz CT molecular complexity index is 1170. The monoisotopic (exact) mass is 453 g/mol. The second-order valence-electron chi connectivity index (χ2n) is 7.79. The molecule has 1 fully saturated rings. The number of rotatable bonds is 6. The first-order valence-corrected chi connectivity index (χ1v) is 10.2. The van der Waals surface area contributed by atoms with Crippen LogP contribution < -0.4 is 16.8 Å². The summed E-state index contributed by atoms with van der Waals surface area (Å²) in [5.41, 5.74) is 15.2. The third kappa shape index (κ3) is 4.88. The number of primary amides is 1. The fourth-order valence-electron chi connectivity index (χ4n) is 3.79. The summed E-state index contributed by atoms with van der Waals surface area (Å²) in [6.07, 6.45) is 0.781. The molecular formula is C24H28FN5O3. The van der Waals surface area contributed by atoms with Crippen LogP contribution in [0.5, 0.6) is 0 Å². The molecule has 4 rings (SSSR count). The van der Waals surface area contributed by atoms with E-state index in [0.29, 0.717) is 35.7 Å². The standard InChI is InChI=1S/C23H24FN5O3.CH4/c1-13-2-5-16(24)10-18(13)23(31)27-11-14-3-6-17(7-4-14)29-21(22(26)30)19(25)20(28-29)15-8-9-32-12-15;/h2-7,10,15H,8-9,11-12,25H2,1H3,(H2,26,30)(H,27,31);1H4. The van der Waals surface area contributed by atoms with E-state index in [9.17, 15) is 14.0 Å². The molecule has 3 aromatic rings.